The van der Waals surface area contributed by atoms with Crippen molar-refractivity contribution in [2.24, 2.45) is 0 Å². The van der Waals surface area contributed by atoms with E-state index in [1.807, 2.05) is 12.1 Å². The smallest absolute Gasteiger partial charge is 0.261 e. The van der Waals surface area contributed by atoms with Gasteiger partial charge in [0.1, 0.15) is 17.1 Å². The zero-order valence-corrected chi connectivity index (χ0v) is 12.1. The summed E-state index contributed by atoms with van der Waals surface area (Å²) in [6, 6.07) is 10.6. The van der Waals surface area contributed by atoms with Crippen molar-refractivity contribution in [3.8, 4) is 17.2 Å². The van der Waals surface area contributed by atoms with Crippen LogP contribution in [0.5, 0.6) is 5.75 Å². The summed E-state index contributed by atoms with van der Waals surface area (Å²) >= 11 is 0. The highest BCUT2D eigenvalue weighted by molar-refractivity contribution is 6.09. The number of carbonyl (C=O) groups excluding carboxylic acids is 1. The maximum atomic E-state index is 12.6. The molecule has 0 aliphatic heterocycles. The van der Waals surface area contributed by atoms with Gasteiger partial charge in [-0.3, -0.25) is 4.79 Å². The molecule has 3 aromatic rings. The maximum Gasteiger partial charge on any atom is 0.261 e. The van der Waals surface area contributed by atoms with E-state index in [2.05, 4.69) is 10.5 Å². The number of amides is 1. The molecule has 0 spiro atoms. The van der Waals surface area contributed by atoms with Gasteiger partial charge in [0, 0.05) is 0 Å². The third-order valence-corrected chi connectivity index (χ3v) is 3.20. The molecule has 0 bridgehead atoms. The van der Waals surface area contributed by atoms with Crippen LogP contribution in [-0.4, -0.2) is 18.2 Å². The molecule has 112 valence electrons. The largest absolute Gasteiger partial charge is 0.495 e. The Morgan fingerprint density at radius 1 is 1.23 bits per heavy atom. The normalized spacial score (nSPS) is 10.5. The number of furan rings is 1. The molecule has 0 radical (unpaired) electrons. The number of anilines is 1. The van der Waals surface area contributed by atoms with E-state index in [-0.39, 0.29) is 5.91 Å². The first-order chi connectivity index (χ1) is 10.7. The van der Waals surface area contributed by atoms with Crippen LogP contribution in [0.15, 0.2) is 51.6 Å². The minimum Gasteiger partial charge on any atom is -0.495 e. The molecule has 1 aromatic carbocycles. The van der Waals surface area contributed by atoms with Gasteiger partial charge in [0.05, 0.1) is 19.1 Å². The molecule has 6 heteroatoms. The van der Waals surface area contributed by atoms with Crippen LogP contribution < -0.4 is 10.1 Å². The summed E-state index contributed by atoms with van der Waals surface area (Å²) in [5.74, 6) is 1.12. The molecule has 6 nitrogen and oxygen atoms in total. The number of hydrogen-bond donors (Lipinski definition) is 1. The molecule has 0 aliphatic carbocycles. The SMILES string of the molecule is COc1ccccc1NC(=O)c1c(-c2ccco2)noc1C. The molecule has 1 N–H and O–H groups in total. The van der Waals surface area contributed by atoms with Crippen molar-refractivity contribution < 1.29 is 18.5 Å². The van der Waals surface area contributed by atoms with Gasteiger partial charge in [-0.15, -0.1) is 0 Å². The van der Waals surface area contributed by atoms with Gasteiger partial charge < -0.3 is 19.0 Å². The Bertz CT molecular complexity index is 790. The minimum absolute atomic E-state index is 0.334. The molecule has 0 saturated carbocycles. The lowest BCUT2D eigenvalue weighted by atomic mass is 10.1. The lowest BCUT2D eigenvalue weighted by molar-refractivity contribution is 0.102. The Hall–Kier alpha value is -3.02. The van der Waals surface area contributed by atoms with Crippen LogP contribution in [0.4, 0.5) is 5.69 Å². The fourth-order valence-electron chi connectivity index (χ4n) is 2.15. The second-order valence-corrected chi connectivity index (χ2v) is 4.59. The van der Waals surface area contributed by atoms with Crippen LogP contribution >= 0.6 is 0 Å². The lowest BCUT2D eigenvalue weighted by Gasteiger charge is -2.09. The number of para-hydroxylation sites is 2. The molecule has 3 rings (SSSR count). The summed E-state index contributed by atoms with van der Waals surface area (Å²) in [7, 11) is 1.55. The van der Waals surface area contributed by atoms with Crippen LogP contribution in [0.3, 0.4) is 0 Å². The standard InChI is InChI=1S/C16H14N2O4/c1-10-14(15(18-22-10)13-8-5-9-21-13)16(19)17-11-6-3-4-7-12(11)20-2/h3-9H,1-2H3,(H,17,19). The van der Waals surface area contributed by atoms with E-state index in [4.69, 9.17) is 13.7 Å². The molecule has 2 heterocycles. The highest BCUT2D eigenvalue weighted by atomic mass is 16.5. The summed E-state index contributed by atoms with van der Waals surface area (Å²) in [6.45, 7) is 1.68. The number of aryl methyl sites for hydroxylation is 1. The Kier molecular flexibility index (Phi) is 3.65. The fraction of sp³-hybridized carbons (Fsp3) is 0.125. The third kappa shape index (κ3) is 2.46. The second-order valence-electron chi connectivity index (χ2n) is 4.59. The van der Waals surface area contributed by atoms with Crippen molar-refractivity contribution >= 4 is 11.6 Å². The number of rotatable bonds is 4. The maximum absolute atomic E-state index is 12.6. The lowest BCUT2D eigenvalue weighted by Crippen LogP contribution is -2.14. The highest BCUT2D eigenvalue weighted by Crippen LogP contribution is 2.28. The Morgan fingerprint density at radius 2 is 2.05 bits per heavy atom. The van der Waals surface area contributed by atoms with E-state index >= 15 is 0 Å². The molecule has 0 atom stereocenters. The predicted octanol–water partition coefficient (Wildman–Crippen LogP) is 3.50. The van der Waals surface area contributed by atoms with Gasteiger partial charge in [-0.2, -0.15) is 0 Å². The molecule has 0 aliphatic rings. The van der Waals surface area contributed by atoms with Crippen molar-refractivity contribution in [2.75, 3.05) is 12.4 Å². The van der Waals surface area contributed by atoms with Crippen molar-refractivity contribution in [2.45, 2.75) is 6.92 Å². The Labute approximate surface area is 126 Å². The van der Waals surface area contributed by atoms with Gasteiger partial charge in [0.25, 0.3) is 5.91 Å². The van der Waals surface area contributed by atoms with Gasteiger partial charge >= 0.3 is 0 Å². The number of aromatic nitrogens is 1. The summed E-state index contributed by atoms with van der Waals surface area (Å²) in [5.41, 5.74) is 1.27. The van der Waals surface area contributed by atoms with Crippen molar-refractivity contribution in [3.05, 3.63) is 54.0 Å². The molecule has 22 heavy (non-hydrogen) atoms. The van der Waals surface area contributed by atoms with E-state index in [9.17, 15) is 4.79 Å². The zero-order valence-electron chi connectivity index (χ0n) is 12.1. The second kappa shape index (κ2) is 5.77. The Balaban J connectivity index is 1.95. The van der Waals surface area contributed by atoms with Gasteiger partial charge in [0.15, 0.2) is 11.5 Å². The molecular formula is C16H14N2O4. The van der Waals surface area contributed by atoms with Gasteiger partial charge in [-0.1, -0.05) is 17.3 Å². The van der Waals surface area contributed by atoms with Crippen LogP contribution in [0.2, 0.25) is 0 Å². The van der Waals surface area contributed by atoms with E-state index in [1.165, 1.54) is 6.26 Å². The van der Waals surface area contributed by atoms with E-state index in [1.54, 1.807) is 38.3 Å². The average molecular weight is 298 g/mol. The minimum atomic E-state index is -0.338. The molecule has 0 saturated heterocycles. The zero-order chi connectivity index (χ0) is 15.5. The first-order valence-electron chi connectivity index (χ1n) is 6.65. The number of nitrogens with zero attached hydrogens (tertiary/aromatic N) is 1. The molecular weight excluding hydrogens is 284 g/mol. The first kappa shape index (κ1) is 13.9. The monoisotopic (exact) mass is 298 g/mol. The van der Waals surface area contributed by atoms with Crippen molar-refractivity contribution in [1.29, 1.82) is 0 Å². The number of hydrogen-bond acceptors (Lipinski definition) is 5. The quantitative estimate of drug-likeness (QED) is 0.797. The number of benzene rings is 1. The first-order valence-corrected chi connectivity index (χ1v) is 6.65. The average Bonchev–Trinajstić information content (AvgIpc) is 3.16. The van der Waals surface area contributed by atoms with Crippen LogP contribution in [0.25, 0.3) is 11.5 Å². The fourth-order valence-corrected chi connectivity index (χ4v) is 2.15. The van der Waals surface area contributed by atoms with E-state index in [0.29, 0.717) is 34.2 Å². The number of carbonyl (C=O) groups is 1. The molecule has 0 fully saturated rings. The third-order valence-electron chi connectivity index (χ3n) is 3.20. The van der Waals surface area contributed by atoms with Crippen LogP contribution in [0, 0.1) is 6.92 Å². The van der Waals surface area contributed by atoms with Gasteiger partial charge in [-0.25, -0.2) is 0 Å². The van der Waals surface area contributed by atoms with Gasteiger partial charge in [0.2, 0.25) is 0 Å². The van der Waals surface area contributed by atoms with Crippen LogP contribution in [0.1, 0.15) is 16.1 Å². The van der Waals surface area contributed by atoms with Crippen molar-refractivity contribution in [1.82, 2.24) is 5.16 Å². The summed E-state index contributed by atoms with van der Waals surface area (Å²) in [5, 5.41) is 6.70. The van der Waals surface area contributed by atoms with Crippen molar-refractivity contribution in [3.63, 3.8) is 0 Å². The predicted molar refractivity (Wildman–Crippen MR) is 79.9 cm³/mol. The Morgan fingerprint density at radius 3 is 2.77 bits per heavy atom. The van der Waals surface area contributed by atoms with E-state index < -0.39 is 0 Å². The number of ether oxygens (including phenoxy) is 1. The topological polar surface area (TPSA) is 77.5 Å². The molecule has 2 aromatic heterocycles. The molecule has 1 amide bonds. The summed E-state index contributed by atoms with van der Waals surface area (Å²) in [4.78, 5) is 12.6. The highest BCUT2D eigenvalue weighted by Gasteiger charge is 2.23. The summed E-state index contributed by atoms with van der Waals surface area (Å²) < 4.78 is 15.6. The summed E-state index contributed by atoms with van der Waals surface area (Å²) in [6.07, 6.45) is 1.52. The number of methoxy groups -OCH3 is 1. The van der Waals surface area contributed by atoms with Gasteiger partial charge in [-0.05, 0) is 31.2 Å². The molecule has 0 unspecified atom stereocenters. The van der Waals surface area contributed by atoms with E-state index in [0.717, 1.165) is 0 Å². The van der Waals surface area contributed by atoms with Crippen LogP contribution in [-0.2, 0) is 0 Å². The number of nitrogens with one attached hydrogen (secondary N) is 1.